The average molecular weight is 192 g/mol. The first-order valence-electron chi connectivity index (χ1n) is 3.51. The second kappa shape index (κ2) is 6.50. The van der Waals surface area contributed by atoms with Crippen molar-refractivity contribution in [2.45, 2.75) is 12.8 Å². The van der Waals surface area contributed by atoms with Crippen LogP contribution in [0.4, 0.5) is 0 Å². The largest absolute Gasteiger partial charge is 0.162 e. The standard InChI is InChI=1S/C4H8S.C3H4S2/c2*1-2-4-5-3-1/h1-4H2;1-2H,3H2. The van der Waals surface area contributed by atoms with E-state index in [2.05, 4.69) is 23.2 Å². The Morgan fingerprint density at radius 3 is 2.10 bits per heavy atom. The van der Waals surface area contributed by atoms with Crippen molar-refractivity contribution in [3.05, 3.63) is 11.5 Å². The fraction of sp³-hybridized carbons (Fsp3) is 0.714. The highest BCUT2D eigenvalue weighted by Gasteiger charge is 1.95. The Bertz CT molecular complexity index is 83.4. The zero-order valence-electron chi connectivity index (χ0n) is 5.91. The van der Waals surface area contributed by atoms with E-state index in [4.69, 9.17) is 0 Å². The van der Waals surface area contributed by atoms with Gasteiger partial charge < -0.3 is 0 Å². The van der Waals surface area contributed by atoms with Crippen molar-refractivity contribution in [2.75, 3.05) is 17.3 Å². The van der Waals surface area contributed by atoms with E-state index in [0.29, 0.717) is 0 Å². The molecule has 0 aromatic heterocycles. The van der Waals surface area contributed by atoms with Gasteiger partial charge in [0, 0.05) is 5.75 Å². The Morgan fingerprint density at radius 1 is 1.10 bits per heavy atom. The topological polar surface area (TPSA) is 0 Å². The van der Waals surface area contributed by atoms with Crippen LogP contribution in [0, 0.1) is 0 Å². The number of rotatable bonds is 0. The van der Waals surface area contributed by atoms with Crippen molar-refractivity contribution in [1.82, 2.24) is 0 Å². The summed E-state index contributed by atoms with van der Waals surface area (Å²) >= 11 is 2.07. The first-order chi connectivity index (χ1) is 5.00. The average Bonchev–Trinajstić information content (AvgIpc) is 2.67. The minimum absolute atomic E-state index is 1.20. The van der Waals surface area contributed by atoms with Crippen LogP contribution in [0.3, 0.4) is 0 Å². The van der Waals surface area contributed by atoms with Crippen LogP contribution < -0.4 is 0 Å². The molecule has 0 unspecified atom stereocenters. The van der Waals surface area contributed by atoms with Gasteiger partial charge in [-0.05, 0) is 29.8 Å². The second-order valence-corrected chi connectivity index (χ2v) is 5.61. The van der Waals surface area contributed by atoms with Gasteiger partial charge in [0.2, 0.25) is 0 Å². The summed E-state index contributed by atoms with van der Waals surface area (Å²) in [6, 6.07) is 0. The normalized spacial score (nSPS) is 22.4. The lowest BCUT2D eigenvalue weighted by Crippen LogP contribution is -1.58. The molecule has 0 aromatic carbocycles. The van der Waals surface area contributed by atoms with Gasteiger partial charge in [-0.1, -0.05) is 27.7 Å². The van der Waals surface area contributed by atoms with Crippen LogP contribution in [0.2, 0.25) is 0 Å². The molecule has 3 heteroatoms. The molecule has 0 nitrogen and oxygen atoms in total. The zero-order valence-corrected chi connectivity index (χ0v) is 8.36. The highest BCUT2D eigenvalue weighted by molar-refractivity contribution is 8.78. The zero-order chi connectivity index (χ0) is 7.07. The maximum Gasteiger partial charge on any atom is 0.0229 e. The summed E-state index contributed by atoms with van der Waals surface area (Å²) in [5.41, 5.74) is 0. The summed E-state index contributed by atoms with van der Waals surface area (Å²) in [7, 11) is 3.69. The van der Waals surface area contributed by atoms with Gasteiger partial charge in [-0.15, -0.1) is 0 Å². The SMILES string of the molecule is C1=CSSC1.C1CCSC1. The molecule has 0 atom stereocenters. The van der Waals surface area contributed by atoms with E-state index in [-0.39, 0.29) is 0 Å². The third-order valence-corrected chi connectivity index (χ3v) is 4.28. The predicted molar refractivity (Wildman–Crippen MR) is 55.7 cm³/mol. The van der Waals surface area contributed by atoms with E-state index >= 15 is 0 Å². The molecule has 0 amide bonds. The highest BCUT2D eigenvalue weighted by atomic mass is 33.1. The van der Waals surface area contributed by atoms with Gasteiger partial charge >= 0.3 is 0 Å². The number of thioether (sulfide) groups is 1. The van der Waals surface area contributed by atoms with Crippen molar-refractivity contribution in [2.24, 2.45) is 0 Å². The molecule has 58 valence electrons. The van der Waals surface area contributed by atoms with Crippen LogP contribution in [0.1, 0.15) is 12.8 Å². The van der Waals surface area contributed by atoms with Crippen LogP contribution in [0.15, 0.2) is 11.5 Å². The van der Waals surface area contributed by atoms with Crippen LogP contribution in [0.25, 0.3) is 0 Å². The van der Waals surface area contributed by atoms with Gasteiger partial charge in [0.25, 0.3) is 0 Å². The van der Waals surface area contributed by atoms with E-state index < -0.39 is 0 Å². The third kappa shape index (κ3) is 4.58. The lowest BCUT2D eigenvalue weighted by atomic mass is 10.4. The van der Waals surface area contributed by atoms with Gasteiger partial charge in [-0.3, -0.25) is 0 Å². The monoisotopic (exact) mass is 192 g/mol. The van der Waals surface area contributed by atoms with Crippen LogP contribution in [0.5, 0.6) is 0 Å². The van der Waals surface area contributed by atoms with Gasteiger partial charge in [0.1, 0.15) is 0 Å². The summed E-state index contributed by atoms with van der Waals surface area (Å²) in [5, 5.41) is 2.12. The maximum atomic E-state index is 2.16. The number of hydrogen-bond donors (Lipinski definition) is 0. The maximum absolute atomic E-state index is 2.16. The van der Waals surface area contributed by atoms with E-state index in [1.54, 1.807) is 0 Å². The molecule has 0 aliphatic carbocycles. The van der Waals surface area contributed by atoms with Gasteiger partial charge in [-0.25, -0.2) is 0 Å². The molecule has 0 aromatic rings. The van der Waals surface area contributed by atoms with Gasteiger partial charge in [0.05, 0.1) is 0 Å². The second-order valence-electron chi connectivity index (χ2n) is 2.07. The van der Waals surface area contributed by atoms with Crippen molar-refractivity contribution >= 4 is 33.3 Å². The van der Waals surface area contributed by atoms with E-state index in [9.17, 15) is 0 Å². The van der Waals surface area contributed by atoms with Crippen LogP contribution in [-0.2, 0) is 0 Å². The fourth-order valence-corrected chi connectivity index (χ4v) is 3.30. The summed E-state index contributed by atoms with van der Waals surface area (Å²) in [5.74, 6) is 4.03. The quantitative estimate of drug-likeness (QED) is 0.540. The summed E-state index contributed by atoms with van der Waals surface area (Å²) < 4.78 is 0. The fourth-order valence-electron chi connectivity index (χ4n) is 0.707. The Morgan fingerprint density at radius 2 is 1.90 bits per heavy atom. The van der Waals surface area contributed by atoms with Gasteiger partial charge in [-0.2, -0.15) is 11.8 Å². The molecular weight excluding hydrogens is 180 g/mol. The number of hydrogen-bond acceptors (Lipinski definition) is 3. The molecule has 2 aliphatic heterocycles. The summed E-state index contributed by atoms with van der Waals surface area (Å²) in [6.07, 6.45) is 5.09. The highest BCUT2D eigenvalue weighted by Crippen LogP contribution is 2.27. The molecule has 2 heterocycles. The molecule has 0 N–H and O–H groups in total. The van der Waals surface area contributed by atoms with E-state index in [1.807, 2.05) is 21.6 Å². The molecule has 0 bridgehead atoms. The Labute approximate surface area is 75.0 Å². The van der Waals surface area contributed by atoms with Crippen molar-refractivity contribution in [1.29, 1.82) is 0 Å². The molecule has 0 saturated carbocycles. The molecular formula is C7H12S3. The molecule has 1 saturated heterocycles. The van der Waals surface area contributed by atoms with Crippen molar-refractivity contribution in [3.8, 4) is 0 Å². The predicted octanol–water partition coefficient (Wildman–Crippen LogP) is 3.41. The van der Waals surface area contributed by atoms with Gasteiger partial charge in [0.15, 0.2) is 0 Å². The van der Waals surface area contributed by atoms with E-state index in [0.717, 1.165) is 0 Å². The first-order valence-corrected chi connectivity index (χ1v) is 7.05. The van der Waals surface area contributed by atoms with Crippen molar-refractivity contribution < 1.29 is 0 Å². The van der Waals surface area contributed by atoms with E-state index in [1.165, 1.54) is 30.1 Å². The third-order valence-electron chi connectivity index (χ3n) is 1.21. The lowest BCUT2D eigenvalue weighted by molar-refractivity contribution is 0.949. The molecule has 1 fully saturated rings. The molecule has 0 spiro atoms. The van der Waals surface area contributed by atoms with Crippen LogP contribution in [-0.4, -0.2) is 17.3 Å². The minimum atomic E-state index is 1.20. The Hall–Kier alpha value is 0.790. The van der Waals surface area contributed by atoms with Crippen molar-refractivity contribution in [3.63, 3.8) is 0 Å². The first kappa shape index (κ1) is 8.88. The molecule has 2 rings (SSSR count). The molecule has 0 radical (unpaired) electrons. The Kier molecular flexibility index (Phi) is 5.77. The smallest absolute Gasteiger partial charge is 0.0229 e. The summed E-state index contributed by atoms with van der Waals surface area (Å²) in [4.78, 5) is 0. The molecule has 2 aliphatic rings. The minimum Gasteiger partial charge on any atom is -0.162 e. The summed E-state index contributed by atoms with van der Waals surface area (Å²) in [6.45, 7) is 0. The Balaban J connectivity index is 0.0000001000. The van der Waals surface area contributed by atoms with Crippen LogP contribution >= 0.6 is 33.3 Å². The lowest BCUT2D eigenvalue weighted by Gasteiger charge is -1.69. The molecule has 10 heavy (non-hydrogen) atoms.